The SMILES string of the molecule is CSCC[C@@H](N)C(=O)Nc1c(Cl)cc(C)c2ncccc12. The van der Waals surface area contributed by atoms with Crippen LogP contribution in [0.4, 0.5) is 5.69 Å². The summed E-state index contributed by atoms with van der Waals surface area (Å²) in [4.78, 5) is 16.5. The Bertz CT molecular complexity index is 663. The molecular formula is C15H18ClN3OS. The smallest absolute Gasteiger partial charge is 0.241 e. The van der Waals surface area contributed by atoms with E-state index in [1.807, 2.05) is 25.3 Å². The predicted octanol–water partition coefficient (Wildman–Crippen LogP) is 3.22. The van der Waals surface area contributed by atoms with E-state index in [1.165, 1.54) is 0 Å². The number of aryl methyl sites for hydroxylation is 1. The number of carbonyl (C=O) groups excluding carboxylic acids is 1. The molecule has 0 aliphatic carbocycles. The highest BCUT2D eigenvalue weighted by molar-refractivity contribution is 7.98. The molecule has 21 heavy (non-hydrogen) atoms. The molecule has 2 rings (SSSR count). The summed E-state index contributed by atoms with van der Waals surface area (Å²) in [7, 11) is 0. The molecule has 0 spiro atoms. The second-order valence-corrected chi connectivity index (χ2v) is 6.22. The summed E-state index contributed by atoms with van der Waals surface area (Å²) in [6, 6.07) is 4.98. The number of halogens is 1. The number of amides is 1. The highest BCUT2D eigenvalue weighted by Crippen LogP contribution is 2.32. The number of fused-ring (bicyclic) bond motifs is 1. The molecule has 6 heteroatoms. The van der Waals surface area contributed by atoms with Gasteiger partial charge in [0.15, 0.2) is 0 Å². The van der Waals surface area contributed by atoms with Crippen LogP contribution in [0.1, 0.15) is 12.0 Å². The Morgan fingerprint density at radius 2 is 2.33 bits per heavy atom. The van der Waals surface area contributed by atoms with Crippen molar-refractivity contribution in [2.45, 2.75) is 19.4 Å². The van der Waals surface area contributed by atoms with E-state index >= 15 is 0 Å². The van der Waals surface area contributed by atoms with Crippen molar-refractivity contribution < 1.29 is 4.79 Å². The van der Waals surface area contributed by atoms with Gasteiger partial charge >= 0.3 is 0 Å². The second kappa shape index (κ2) is 7.11. The molecule has 1 atom stereocenters. The average Bonchev–Trinajstić information content (AvgIpc) is 2.48. The maximum atomic E-state index is 12.2. The number of thioether (sulfide) groups is 1. The number of carbonyl (C=O) groups is 1. The quantitative estimate of drug-likeness (QED) is 0.886. The van der Waals surface area contributed by atoms with Crippen molar-refractivity contribution >= 4 is 45.9 Å². The number of nitrogens with one attached hydrogen (secondary N) is 1. The van der Waals surface area contributed by atoms with Gasteiger partial charge in [-0.25, -0.2) is 0 Å². The van der Waals surface area contributed by atoms with Gasteiger partial charge in [-0.1, -0.05) is 11.6 Å². The molecular weight excluding hydrogens is 306 g/mol. The number of anilines is 1. The molecule has 112 valence electrons. The van der Waals surface area contributed by atoms with Crippen LogP contribution in [-0.2, 0) is 4.79 Å². The first-order valence-electron chi connectivity index (χ1n) is 6.63. The number of pyridine rings is 1. The number of hydrogen-bond acceptors (Lipinski definition) is 4. The Hall–Kier alpha value is -1.30. The number of nitrogens with zero attached hydrogens (tertiary/aromatic N) is 1. The molecule has 2 aromatic rings. The van der Waals surface area contributed by atoms with E-state index in [4.69, 9.17) is 17.3 Å². The van der Waals surface area contributed by atoms with Gasteiger partial charge in [-0.2, -0.15) is 11.8 Å². The summed E-state index contributed by atoms with van der Waals surface area (Å²) in [6.45, 7) is 1.94. The summed E-state index contributed by atoms with van der Waals surface area (Å²) in [5.41, 5.74) is 8.27. The highest BCUT2D eigenvalue weighted by atomic mass is 35.5. The van der Waals surface area contributed by atoms with Gasteiger partial charge in [0.05, 0.1) is 22.3 Å². The fraction of sp³-hybridized carbons (Fsp3) is 0.333. The molecule has 0 aliphatic rings. The number of nitrogens with two attached hydrogens (primary N) is 1. The molecule has 4 nitrogen and oxygen atoms in total. The van der Waals surface area contributed by atoms with Crippen molar-refractivity contribution in [1.29, 1.82) is 0 Å². The Labute approximate surface area is 133 Å². The predicted molar refractivity (Wildman–Crippen MR) is 91.1 cm³/mol. The lowest BCUT2D eigenvalue weighted by atomic mass is 10.1. The molecule has 0 radical (unpaired) electrons. The van der Waals surface area contributed by atoms with E-state index in [-0.39, 0.29) is 5.91 Å². The van der Waals surface area contributed by atoms with Gasteiger partial charge in [0, 0.05) is 11.6 Å². The molecule has 1 aromatic heterocycles. The van der Waals surface area contributed by atoms with Crippen LogP contribution in [0.25, 0.3) is 10.9 Å². The monoisotopic (exact) mass is 323 g/mol. The number of benzene rings is 1. The lowest BCUT2D eigenvalue weighted by molar-refractivity contribution is -0.117. The number of aromatic nitrogens is 1. The van der Waals surface area contributed by atoms with Gasteiger partial charge in [-0.15, -0.1) is 0 Å². The zero-order chi connectivity index (χ0) is 15.4. The van der Waals surface area contributed by atoms with Crippen LogP contribution in [0.15, 0.2) is 24.4 Å². The number of hydrogen-bond donors (Lipinski definition) is 2. The van der Waals surface area contributed by atoms with Crippen molar-refractivity contribution in [2.75, 3.05) is 17.3 Å². The van der Waals surface area contributed by atoms with Crippen molar-refractivity contribution in [2.24, 2.45) is 5.73 Å². The highest BCUT2D eigenvalue weighted by Gasteiger charge is 2.17. The molecule has 1 heterocycles. The first-order chi connectivity index (χ1) is 10.0. The zero-order valence-corrected chi connectivity index (χ0v) is 13.6. The second-order valence-electron chi connectivity index (χ2n) is 4.83. The summed E-state index contributed by atoms with van der Waals surface area (Å²) in [5.74, 6) is 0.623. The van der Waals surface area contributed by atoms with Crippen molar-refractivity contribution in [3.8, 4) is 0 Å². The first kappa shape index (κ1) is 16.1. The van der Waals surface area contributed by atoms with Crippen molar-refractivity contribution in [3.05, 3.63) is 35.0 Å². The maximum absolute atomic E-state index is 12.2. The van der Waals surface area contributed by atoms with Crippen LogP contribution >= 0.6 is 23.4 Å². The molecule has 1 amide bonds. The van der Waals surface area contributed by atoms with Gasteiger partial charge in [0.25, 0.3) is 0 Å². The summed E-state index contributed by atoms with van der Waals surface area (Å²) in [5, 5.41) is 4.17. The first-order valence-corrected chi connectivity index (χ1v) is 8.41. The van der Waals surface area contributed by atoms with Crippen LogP contribution < -0.4 is 11.1 Å². The summed E-state index contributed by atoms with van der Waals surface area (Å²) >= 11 is 7.94. The van der Waals surface area contributed by atoms with E-state index in [0.29, 0.717) is 17.1 Å². The molecule has 0 saturated heterocycles. The van der Waals surface area contributed by atoms with Gasteiger partial charge in [-0.3, -0.25) is 9.78 Å². The van der Waals surface area contributed by atoms with Crippen LogP contribution in [0.3, 0.4) is 0 Å². The molecule has 0 bridgehead atoms. The standard InChI is InChI=1S/C15H18ClN3OS/c1-9-8-11(16)14(10-4-3-6-18-13(9)10)19-15(20)12(17)5-7-21-2/h3-4,6,8,12H,5,7,17H2,1-2H3,(H,19,20)/t12-/m1/s1. The average molecular weight is 324 g/mol. The van der Waals surface area contributed by atoms with E-state index < -0.39 is 6.04 Å². The Kier molecular flexibility index (Phi) is 5.45. The minimum Gasteiger partial charge on any atom is -0.323 e. The Balaban J connectivity index is 2.32. The third kappa shape index (κ3) is 3.67. The lowest BCUT2D eigenvalue weighted by Gasteiger charge is -2.15. The van der Waals surface area contributed by atoms with E-state index in [0.717, 1.165) is 22.2 Å². The lowest BCUT2D eigenvalue weighted by Crippen LogP contribution is -2.36. The zero-order valence-electron chi connectivity index (χ0n) is 12.0. The van der Waals surface area contributed by atoms with Crippen molar-refractivity contribution in [3.63, 3.8) is 0 Å². The molecule has 0 saturated carbocycles. The number of rotatable bonds is 5. The normalized spacial score (nSPS) is 12.4. The third-order valence-electron chi connectivity index (χ3n) is 3.25. The van der Waals surface area contributed by atoms with Crippen LogP contribution in [-0.4, -0.2) is 28.9 Å². The minimum absolute atomic E-state index is 0.222. The molecule has 0 unspecified atom stereocenters. The van der Waals surface area contributed by atoms with E-state index in [2.05, 4.69) is 10.3 Å². The molecule has 3 N–H and O–H groups in total. The van der Waals surface area contributed by atoms with Gasteiger partial charge in [0.1, 0.15) is 0 Å². The summed E-state index contributed by atoms with van der Waals surface area (Å²) < 4.78 is 0. The van der Waals surface area contributed by atoms with Crippen LogP contribution in [0, 0.1) is 6.92 Å². The Morgan fingerprint density at radius 1 is 1.57 bits per heavy atom. The Morgan fingerprint density at radius 3 is 3.05 bits per heavy atom. The van der Waals surface area contributed by atoms with Crippen LogP contribution in [0.2, 0.25) is 5.02 Å². The largest absolute Gasteiger partial charge is 0.323 e. The molecule has 0 fully saturated rings. The molecule has 0 aliphatic heterocycles. The topological polar surface area (TPSA) is 68.0 Å². The van der Waals surface area contributed by atoms with E-state index in [1.54, 1.807) is 24.0 Å². The van der Waals surface area contributed by atoms with Gasteiger partial charge in [0.2, 0.25) is 5.91 Å². The minimum atomic E-state index is -0.540. The molecule has 1 aromatic carbocycles. The van der Waals surface area contributed by atoms with Gasteiger partial charge in [-0.05, 0) is 49.1 Å². The third-order valence-corrected chi connectivity index (χ3v) is 4.19. The van der Waals surface area contributed by atoms with Crippen LogP contribution in [0.5, 0.6) is 0 Å². The van der Waals surface area contributed by atoms with Gasteiger partial charge < -0.3 is 11.1 Å². The fourth-order valence-electron chi connectivity index (χ4n) is 2.10. The maximum Gasteiger partial charge on any atom is 0.241 e. The van der Waals surface area contributed by atoms with E-state index in [9.17, 15) is 4.79 Å². The van der Waals surface area contributed by atoms with Crippen molar-refractivity contribution in [1.82, 2.24) is 4.98 Å². The summed E-state index contributed by atoms with van der Waals surface area (Å²) in [6.07, 6.45) is 4.34. The fourth-order valence-corrected chi connectivity index (χ4v) is 2.90.